The third kappa shape index (κ3) is 4.07. The van der Waals surface area contributed by atoms with E-state index in [9.17, 15) is 9.90 Å². The summed E-state index contributed by atoms with van der Waals surface area (Å²) in [4.78, 5) is 13.0. The van der Waals surface area contributed by atoms with E-state index in [0.717, 1.165) is 8.66 Å². The van der Waals surface area contributed by atoms with Crippen molar-refractivity contribution in [3.63, 3.8) is 0 Å². The van der Waals surface area contributed by atoms with Crippen molar-refractivity contribution in [2.24, 2.45) is 0 Å². The molecular weight excluding hydrogens is 314 g/mol. The Morgan fingerprint density at radius 1 is 1.50 bits per heavy atom. The summed E-state index contributed by atoms with van der Waals surface area (Å²) in [6.07, 6.45) is 1.28. The second-order valence-corrected chi connectivity index (χ2v) is 7.01. The largest absolute Gasteiger partial charge is 0.388 e. The molecule has 1 amide bonds. The van der Waals surface area contributed by atoms with Gasteiger partial charge in [0.2, 0.25) is 5.91 Å². The first-order valence-corrected chi connectivity index (χ1v) is 7.78. The number of hydrogen-bond acceptors (Lipinski definition) is 3. The number of rotatable bonds is 6. The zero-order valence-corrected chi connectivity index (χ0v) is 13.4. The first-order chi connectivity index (χ1) is 8.41. The van der Waals surface area contributed by atoms with Crippen molar-refractivity contribution in [1.29, 1.82) is 0 Å². The fourth-order valence-corrected chi connectivity index (χ4v) is 3.07. The Morgan fingerprint density at radius 2 is 2.11 bits per heavy atom. The third-order valence-corrected chi connectivity index (χ3v) is 5.13. The number of nitrogens with one attached hydrogen (secondary N) is 1. The molecule has 1 heterocycles. The minimum atomic E-state index is -0.786. The van der Waals surface area contributed by atoms with Gasteiger partial charge in [-0.15, -0.1) is 11.3 Å². The van der Waals surface area contributed by atoms with Crippen molar-refractivity contribution in [3.8, 4) is 0 Å². The van der Waals surface area contributed by atoms with Crippen LogP contribution in [-0.2, 0) is 4.79 Å². The smallest absolute Gasteiger partial charge is 0.228 e. The standard InChI is InChI=1S/C13H20BrNO2S/c1-4-13(17,5-2)8-15-12(16)9(3)10-6-7-11(14)18-10/h6-7,9,17H,4-5,8H2,1-3H3,(H,15,16). The highest BCUT2D eigenvalue weighted by atomic mass is 79.9. The SMILES string of the molecule is CCC(O)(CC)CNC(=O)C(C)c1ccc(Br)s1. The van der Waals surface area contributed by atoms with Gasteiger partial charge in [-0.3, -0.25) is 4.79 Å². The van der Waals surface area contributed by atoms with E-state index in [4.69, 9.17) is 0 Å². The predicted molar refractivity (Wildman–Crippen MR) is 79.0 cm³/mol. The van der Waals surface area contributed by atoms with Crippen LogP contribution in [0, 0.1) is 0 Å². The molecule has 18 heavy (non-hydrogen) atoms. The molecule has 3 nitrogen and oxygen atoms in total. The van der Waals surface area contributed by atoms with Gasteiger partial charge in [-0.25, -0.2) is 0 Å². The van der Waals surface area contributed by atoms with E-state index in [-0.39, 0.29) is 11.8 Å². The van der Waals surface area contributed by atoms with Gasteiger partial charge in [-0.05, 0) is 47.8 Å². The molecule has 0 aliphatic heterocycles. The maximum atomic E-state index is 12.0. The Labute approximate surface area is 121 Å². The van der Waals surface area contributed by atoms with Crippen LogP contribution in [0.15, 0.2) is 15.9 Å². The molecule has 0 radical (unpaired) electrons. The molecule has 0 aliphatic carbocycles. The van der Waals surface area contributed by atoms with Crippen LogP contribution in [0.2, 0.25) is 0 Å². The molecule has 0 spiro atoms. The second-order valence-electron chi connectivity index (χ2n) is 4.51. The van der Waals surface area contributed by atoms with Crippen molar-refractivity contribution in [3.05, 3.63) is 20.8 Å². The summed E-state index contributed by atoms with van der Waals surface area (Å²) in [5.41, 5.74) is -0.786. The van der Waals surface area contributed by atoms with E-state index in [1.54, 1.807) is 11.3 Å². The number of thiophene rings is 1. The van der Waals surface area contributed by atoms with Crippen molar-refractivity contribution < 1.29 is 9.90 Å². The summed E-state index contributed by atoms with van der Waals surface area (Å²) in [5.74, 6) is -0.219. The number of hydrogen-bond donors (Lipinski definition) is 2. The number of carbonyl (C=O) groups is 1. The lowest BCUT2D eigenvalue weighted by atomic mass is 9.97. The van der Waals surface area contributed by atoms with Crippen molar-refractivity contribution in [2.45, 2.75) is 45.1 Å². The molecule has 0 aliphatic rings. The summed E-state index contributed by atoms with van der Waals surface area (Å²) in [6.45, 7) is 6.05. The summed E-state index contributed by atoms with van der Waals surface area (Å²) in [6, 6.07) is 3.89. The molecule has 2 N–H and O–H groups in total. The van der Waals surface area contributed by atoms with Crippen molar-refractivity contribution in [1.82, 2.24) is 5.32 Å². The van der Waals surface area contributed by atoms with Gasteiger partial charge in [-0.1, -0.05) is 13.8 Å². The van der Waals surface area contributed by atoms with Gasteiger partial charge in [0.05, 0.1) is 15.3 Å². The average molecular weight is 334 g/mol. The highest BCUT2D eigenvalue weighted by Gasteiger charge is 2.24. The number of halogens is 1. The number of aliphatic hydroxyl groups is 1. The summed E-state index contributed by atoms with van der Waals surface area (Å²) in [5, 5.41) is 12.9. The van der Waals surface area contributed by atoms with Crippen LogP contribution in [0.3, 0.4) is 0 Å². The van der Waals surface area contributed by atoms with Crippen LogP contribution in [0.5, 0.6) is 0 Å². The molecule has 0 fully saturated rings. The first kappa shape index (κ1) is 15.7. The Balaban J connectivity index is 2.56. The fourth-order valence-electron chi connectivity index (χ4n) is 1.59. The molecule has 1 aromatic heterocycles. The van der Waals surface area contributed by atoms with E-state index in [2.05, 4.69) is 21.2 Å². The summed E-state index contributed by atoms with van der Waals surface area (Å²) >= 11 is 4.95. The summed E-state index contributed by atoms with van der Waals surface area (Å²) in [7, 11) is 0. The van der Waals surface area contributed by atoms with E-state index >= 15 is 0 Å². The highest BCUT2D eigenvalue weighted by Crippen LogP contribution is 2.28. The topological polar surface area (TPSA) is 49.3 Å². The Kier molecular flexibility index (Phi) is 5.82. The Hall–Kier alpha value is -0.390. The molecule has 5 heteroatoms. The normalized spacial score (nSPS) is 13.4. The predicted octanol–water partition coefficient (Wildman–Crippen LogP) is 3.28. The second kappa shape index (κ2) is 6.68. The molecule has 0 saturated heterocycles. The number of amides is 1. The fraction of sp³-hybridized carbons (Fsp3) is 0.615. The lowest BCUT2D eigenvalue weighted by molar-refractivity contribution is -0.123. The van der Waals surface area contributed by atoms with Gasteiger partial charge < -0.3 is 10.4 Å². The molecular formula is C13H20BrNO2S. The van der Waals surface area contributed by atoms with Crippen LogP contribution < -0.4 is 5.32 Å². The Bertz CT molecular complexity index is 401. The quantitative estimate of drug-likeness (QED) is 0.839. The third-order valence-electron chi connectivity index (χ3n) is 3.32. The van der Waals surface area contributed by atoms with Gasteiger partial charge >= 0.3 is 0 Å². The molecule has 1 atom stereocenters. The Morgan fingerprint density at radius 3 is 2.56 bits per heavy atom. The van der Waals surface area contributed by atoms with Gasteiger partial charge in [0.25, 0.3) is 0 Å². The van der Waals surface area contributed by atoms with Crippen molar-refractivity contribution >= 4 is 33.2 Å². The molecule has 1 aromatic rings. The van der Waals surface area contributed by atoms with Crippen LogP contribution in [-0.4, -0.2) is 23.2 Å². The maximum absolute atomic E-state index is 12.0. The van der Waals surface area contributed by atoms with Gasteiger partial charge in [0.1, 0.15) is 0 Å². The number of carbonyl (C=O) groups excluding carboxylic acids is 1. The van der Waals surface area contributed by atoms with Gasteiger partial charge in [0, 0.05) is 11.4 Å². The van der Waals surface area contributed by atoms with Gasteiger partial charge in [-0.2, -0.15) is 0 Å². The zero-order chi connectivity index (χ0) is 13.8. The highest BCUT2D eigenvalue weighted by molar-refractivity contribution is 9.11. The van der Waals surface area contributed by atoms with E-state index < -0.39 is 5.60 Å². The van der Waals surface area contributed by atoms with E-state index in [1.807, 2.05) is 32.9 Å². The molecule has 1 rings (SSSR count). The van der Waals surface area contributed by atoms with Crippen LogP contribution in [0.1, 0.15) is 44.4 Å². The molecule has 0 aromatic carbocycles. The minimum Gasteiger partial charge on any atom is -0.388 e. The first-order valence-electron chi connectivity index (χ1n) is 6.17. The summed E-state index contributed by atoms with van der Waals surface area (Å²) < 4.78 is 1.02. The lowest BCUT2D eigenvalue weighted by Gasteiger charge is -2.26. The molecule has 1 unspecified atom stereocenters. The monoisotopic (exact) mass is 333 g/mol. The molecule has 0 saturated carbocycles. The van der Waals surface area contributed by atoms with Gasteiger partial charge in [0.15, 0.2) is 0 Å². The van der Waals surface area contributed by atoms with Crippen LogP contribution in [0.25, 0.3) is 0 Å². The van der Waals surface area contributed by atoms with E-state index in [0.29, 0.717) is 19.4 Å². The molecule has 0 bridgehead atoms. The maximum Gasteiger partial charge on any atom is 0.228 e. The van der Waals surface area contributed by atoms with Crippen molar-refractivity contribution in [2.75, 3.05) is 6.54 Å². The molecule has 102 valence electrons. The van der Waals surface area contributed by atoms with Crippen LogP contribution in [0.4, 0.5) is 0 Å². The lowest BCUT2D eigenvalue weighted by Crippen LogP contribution is -2.43. The average Bonchev–Trinajstić information content (AvgIpc) is 2.81. The van der Waals surface area contributed by atoms with Crippen LogP contribution >= 0.6 is 27.3 Å². The zero-order valence-electron chi connectivity index (χ0n) is 11.0. The van der Waals surface area contributed by atoms with E-state index in [1.165, 1.54) is 0 Å². The minimum absolute atomic E-state index is 0.0373.